The summed E-state index contributed by atoms with van der Waals surface area (Å²) in [5.41, 5.74) is 6.62. The number of nitrogens with zero attached hydrogens (tertiary/aromatic N) is 1. The first-order valence-corrected chi connectivity index (χ1v) is 6.35. The molecule has 0 aromatic heterocycles. The molecule has 0 fully saturated rings. The first kappa shape index (κ1) is 16.4. The Morgan fingerprint density at radius 1 is 1.30 bits per heavy atom. The van der Waals surface area contributed by atoms with Crippen LogP contribution in [-0.2, 0) is 11.3 Å². The second-order valence-corrected chi connectivity index (χ2v) is 4.99. The third-order valence-corrected chi connectivity index (χ3v) is 2.95. The van der Waals surface area contributed by atoms with Gasteiger partial charge in [0.1, 0.15) is 5.75 Å². The SMILES string of the molecule is CC(C)[C@@H](N)C(=O)N(C)Cc1ccc(OC(F)F)cc1. The number of halogens is 2. The zero-order valence-corrected chi connectivity index (χ0v) is 11.8. The van der Waals surface area contributed by atoms with Crippen LogP contribution < -0.4 is 10.5 Å². The molecule has 0 unspecified atom stereocenters. The quantitative estimate of drug-likeness (QED) is 0.872. The number of hydrogen-bond donors (Lipinski definition) is 1. The Morgan fingerprint density at radius 3 is 2.30 bits per heavy atom. The topological polar surface area (TPSA) is 55.6 Å². The Balaban J connectivity index is 2.62. The number of benzene rings is 1. The summed E-state index contributed by atoms with van der Waals surface area (Å²) in [7, 11) is 1.66. The van der Waals surface area contributed by atoms with Crippen molar-refractivity contribution < 1.29 is 18.3 Å². The van der Waals surface area contributed by atoms with Gasteiger partial charge >= 0.3 is 6.61 Å². The highest BCUT2D eigenvalue weighted by atomic mass is 19.3. The zero-order chi connectivity index (χ0) is 15.3. The monoisotopic (exact) mass is 286 g/mol. The Bertz CT molecular complexity index is 435. The summed E-state index contributed by atoms with van der Waals surface area (Å²) in [4.78, 5) is 13.5. The third-order valence-electron chi connectivity index (χ3n) is 2.95. The van der Waals surface area contributed by atoms with Crippen molar-refractivity contribution in [2.45, 2.75) is 33.0 Å². The molecule has 0 aliphatic heterocycles. The van der Waals surface area contributed by atoms with E-state index in [0.717, 1.165) is 5.56 Å². The number of hydrogen-bond acceptors (Lipinski definition) is 3. The number of likely N-dealkylation sites (N-methyl/N-ethyl adjacent to an activating group) is 1. The van der Waals surface area contributed by atoms with Gasteiger partial charge in [-0.2, -0.15) is 8.78 Å². The van der Waals surface area contributed by atoms with Crippen LogP contribution in [-0.4, -0.2) is 30.5 Å². The lowest BCUT2D eigenvalue weighted by Gasteiger charge is -2.23. The van der Waals surface area contributed by atoms with Crippen molar-refractivity contribution in [2.75, 3.05) is 7.05 Å². The van der Waals surface area contributed by atoms with E-state index in [-0.39, 0.29) is 17.6 Å². The second kappa shape index (κ2) is 7.19. The number of amides is 1. The summed E-state index contributed by atoms with van der Waals surface area (Å²) in [6.45, 7) is 1.29. The summed E-state index contributed by atoms with van der Waals surface area (Å²) < 4.78 is 28.3. The van der Waals surface area contributed by atoms with E-state index in [1.165, 1.54) is 17.0 Å². The van der Waals surface area contributed by atoms with Gasteiger partial charge in [-0.3, -0.25) is 4.79 Å². The summed E-state index contributed by atoms with van der Waals surface area (Å²) in [6, 6.07) is 5.64. The van der Waals surface area contributed by atoms with Gasteiger partial charge in [0, 0.05) is 13.6 Å². The highest BCUT2D eigenvalue weighted by Gasteiger charge is 2.20. The fourth-order valence-electron chi connectivity index (χ4n) is 1.67. The van der Waals surface area contributed by atoms with E-state index in [9.17, 15) is 13.6 Å². The van der Waals surface area contributed by atoms with E-state index in [4.69, 9.17) is 5.73 Å². The molecule has 1 atom stereocenters. The molecule has 0 aliphatic carbocycles. The summed E-state index contributed by atoms with van der Waals surface area (Å²) >= 11 is 0. The molecule has 1 amide bonds. The molecule has 0 spiro atoms. The molecule has 4 nitrogen and oxygen atoms in total. The smallest absolute Gasteiger partial charge is 0.387 e. The summed E-state index contributed by atoms with van der Waals surface area (Å²) in [5, 5.41) is 0. The predicted octanol–water partition coefficient (Wildman–Crippen LogP) is 2.23. The van der Waals surface area contributed by atoms with E-state index < -0.39 is 12.7 Å². The van der Waals surface area contributed by atoms with Crippen molar-refractivity contribution in [2.24, 2.45) is 11.7 Å². The van der Waals surface area contributed by atoms with Gasteiger partial charge in [-0.05, 0) is 23.6 Å². The molecule has 20 heavy (non-hydrogen) atoms. The van der Waals surface area contributed by atoms with Crippen LogP contribution in [0.4, 0.5) is 8.78 Å². The van der Waals surface area contributed by atoms with Gasteiger partial charge in [0.15, 0.2) is 0 Å². The van der Waals surface area contributed by atoms with Crippen LogP contribution in [0.25, 0.3) is 0 Å². The average molecular weight is 286 g/mol. The minimum Gasteiger partial charge on any atom is -0.435 e. The molecule has 2 N–H and O–H groups in total. The largest absolute Gasteiger partial charge is 0.435 e. The van der Waals surface area contributed by atoms with E-state index in [1.54, 1.807) is 19.2 Å². The Kier molecular flexibility index (Phi) is 5.88. The van der Waals surface area contributed by atoms with Crippen molar-refractivity contribution in [1.29, 1.82) is 0 Å². The van der Waals surface area contributed by atoms with Gasteiger partial charge in [-0.25, -0.2) is 0 Å². The van der Waals surface area contributed by atoms with Crippen LogP contribution in [0.3, 0.4) is 0 Å². The number of carbonyl (C=O) groups is 1. The van der Waals surface area contributed by atoms with Crippen molar-refractivity contribution in [1.82, 2.24) is 4.90 Å². The normalized spacial score (nSPS) is 12.6. The second-order valence-electron chi connectivity index (χ2n) is 4.99. The molecule has 1 aromatic rings. The highest BCUT2D eigenvalue weighted by molar-refractivity contribution is 5.81. The number of carbonyl (C=O) groups excluding carboxylic acids is 1. The maximum atomic E-state index is 12.0. The molecular formula is C14H20F2N2O2. The van der Waals surface area contributed by atoms with Crippen LogP contribution in [0.15, 0.2) is 24.3 Å². The summed E-state index contributed by atoms with van der Waals surface area (Å²) in [5.74, 6) is 0.0105. The van der Waals surface area contributed by atoms with Crippen LogP contribution in [0, 0.1) is 5.92 Å². The molecule has 0 aliphatic rings. The van der Waals surface area contributed by atoms with E-state index in [2.05, 4.69) is 4.74 Å². The average Bonchev–Trinajstić information content (AvgIpc) is 2.38. The lowest BCUT2D eigenvalue weighted by Crippen LogP contribution is -2.44. The van der Waals surface area contributed by atoms with Gasteiger partial charge in [0.05, 0.1) is 6.04 Å². The minimum absolute atomic E-state index is 0.0618. The highest BCUT2D eigenvalue weighted by Crippen LogP contribution is 2.16. The molecule has 0 bridgehead atoms. The molecule has 1 aromatic carbocycles. The number of alkyl halides is 2. The fraction of sp³-hybridized carbons (Fsp3) is 0.500. The van der Waals surface area contributed by atoms with E-state index in [1.807, 2.05) is 13.8 Å². The van der Waals surface area contributed by atoms with Gasteiger partial charge in [-0.1, -0.05) is 26.0 Å². The molecule has 112 valence electrons. The van der Waals surface area contributed by atoms with Crippen LogP contribution in [0.5, 0.6) is 5.75 Å². The first-order chi connectivity index (χ1) is 9.31. The van der Waals surface area contributed by atoms with Crippen molar-refractivity contribution in [3.8, 4) is 5.75 Å². The number of nitrogens with two attached hydrogens (primary N) is 1. The van der Waals surface area contributed by atoms with Crippen molar-refractivity contribution >= 4 is 5.91 Å². The Labute approximate surface area is 117 Å². The molecule has 1 rings (SSSR count). The van der Waals surface area contributed by atoms with Gasteiger partial charge < -0.3 is 15.4 Å². The third kappa shape index (κ3) is 4.77. The van der Waals surface area contributed by atoms with Crippen LogP contribution >= 0.6 is 0 Å². The van der Waals surface area contributed by atoms with Crippen LogP contribution in [0.2, 0.25) is 0 Å². The van der Waals surface area contributed by atoms with Crippen molar-refractivity contribution in [3.63, 3.8) is 0 Å². The zero-order valence-electron chi connectivity index (χ0n) is 11.8. The van der Waals surface area contributed by atoms with Crippen molar-refractivity contribution in [3.05, 3.63) is 29.8 Å². The molecule has 0 saturated carbocycles. The fourth-order valence-corrected chi connectivity index (χ4v) is 1.67. The van der Waals surface area contributed by atoms with E-state index >= 15 is 0 Å². The summed E-state index contributed by atoms with van der Waals surface area (Å²) in [6.07, 6.45) is 0. The van der Waals surface area contributed by atoms with Crippen LogP contribution in [0.1, 0.15) is 19.4 Å². The van der Waals surface area contributed by atoms with Gasteiger partial charge in [-0.15, -0.1) is 0 Å². The maximum absolute atomic E-state index is 12.0. The van der Waals surface area contributed by atoms with Gasteiger partial charge in [0.25, 0.3) is 0 Å². The maximum Gasteiger partial charge on any atom is 0.387 e. The first-order valence-electron chi connectivity index (χ1n) is 6.35. The predicted molar refractivity (Wildman–Crippen MR) is 72.4 cm³/mol. The molecule has 0 saturated heterocycles. The molecule has 0 heterocycles. The molecular weight excluding hydrogens is 266 g/mol. The van der Waals surface area contributed by atoms with Gasteiger partial charge in [0.2, 0.25) is 5.91 Å². The Hall–Kier alpha value is -1.69. The van der Waals surface area contributed by atoms with E-state index in [0.29, 0.717) is 6.54 Å². The number of ether oxygens (including phenoxy) is 1. The lowest BCUT2D eigenvalue weighted by atomic mass is 10.0. The Morgan fingerprint density at radius 2 is 1.85 bits per heavy atom. The molecule has 6 heteroatoms. The minimum atomic E-state index is -2.84. The standard InChI is InChI=1S/C14H20F2N2O2/c1-9(2)12(17)13(19)18(3)8-10-4-6-11(7-5-10)20-14(15)16/h4-7,9,12,14H,8,17H2,1-3H3/t12-/m1/s1. The molecule has 0 radical (unpaired) electrons. The lowest BCUT2D eigenvalue weighted by molar-refractivity contribution is -0.132. The number of rotatable bonds is 6.